The summed E-state index contributed by atoms with van der Waals surface area (Å²) in [6.07, 6.45) is 9.38. The molecule has 0 aromatic heterocycles. The van der Waals surface area contributed by atoms with Crippen LogP contribution in [0.5, 0.6) is 0 Å². The molecule has 2 aliphatic rings. The van der Waals surface area contributed by atoms with E-state index in [1.807, 2.05) is 0 Å². The summed E-state index contributed by atoms with van der Waals surface area (Å²) in [5, 5.41) is 6.22. The van der Waals surface area contributed by atoms with Crippen LogP contribution in [0, 0.1) is 11.8 Å². The van der Waals surface area contributed by atoms with Crippen LogP contribution in [0.1, 0.15) is 44.9 Å². The Morgan fingerprint density at radius 2 is 1.81 bits per heavy atom. The molecule has 16 heavy (non-hydrogen) atoms. The van der Waals surface area contributed by atoms with Crippen molar-refractivity contribution in [3.63, 3.8) is 0 Å². The fourth-order valence-corrected chi connectivity index (χ4v) is 2.49. The molecule has 2 saturated carbocycles. The molecule has 92 valence electrons. The van der Waals surface area contributed by atoms with Gasteiger partial charge in [0, 0.05) is 6.54 Å². The zero-order valence-electron chi connectivity index (χ0n) is 10.1. The average Bonchev–Trinajstić information content (AvgIpc) is 2.94. The second kappa shape index (κ2) is 6.24. The number of hydrogen-bond donors (Lipinski definition) is 2. The van der Waals surface area contributed by atoms with E-state index >= 15 is 0 Å². The number of rotatable bonds is 7. The minimum absolute atomic E-state index is 0.165. The van der Waals surface area contributed by atoms with Crippen molar-refractivity contribution in [2.45, 2.75) is 44.9 Å². The molecule has 0 spiro atoms. The van der Waals surface area contributed by atoms with Gasteiger partial charge < -0.3 is 10.6 Å². The first-order valence-corrected chi connectivity index (χ1v) is 6.82. The topological polar surface area (TPSA) is 41.1 Å². The molecule has 0 bridgehead atoms. The lowest BCUT2D eigenvalue weighted by molar-refractivity contribution is -0.120. The SMILES string of the molecule is O=C(CNCC1CC1)NCCC1CCCC1. The molecule has 0 radical (unpaired) electrons. The van der Waals surface area contributed by atoms with Gasteiger partial charge in [0.1, 0.15) is 0 Å². The zero-order chi connectivity index (χ0) is 11.2. The van der Waals surface area contributed by atoms with Gasteiger partial charge in [0.05, 0.1) is 6.54 Å². The van der Waals surface area contributed by atoms with Gasteiger partial charge in [-0.25, -0.2) is 0 Å². The standard InChI is InChI=1S/C13H24N2O/c16-13(10-14-9-12-5-6-12)15-8-7-11-3-1-2-4-11/h11-12,14H,1-10H2,(H,15,16). The molecule has 2 N–H and O–H groups in total. The van der Waals surface area contributed by atoms with E-state index in [1.165, 1.54) is 44.9 Å². The zero-order valence-corrected chi connectivity index (χ0v) is 10.1. The van der Waals surface area contributed by atoms with E-state index in [0.29, 0.717) is 6.54 Å². The Bertz CT molecular complexity index is 220. The number of hydrogen-bond acceptors (Lipinski definition) is 2. The van der Waals surface area contributed by atoms with Crippen LogP contribution >= 0.6 is 0 Å². The van der Waals surface area contributed by atoms with Gasteiger partial charge in [-0.3, -0.25) is 4.79 Å². The molecule has 3 heteroatoms. The largest absolute Gasteiger partial charge is 0.355 e. The summed E-state index contributed by atoms with van der Waals surface area (Å²) in [7, 11) is 0. The van der Waals surface area contributed by atoms with Crippen LogP contribution in [0.2, 0.25) is 0 Å². The molecule has 0 atom stereocenters. The van der Waals surface area contributed by atoms with Crippen molar-refractivity contribution >= 4 is 5.91 Å². The highest BCUT2D eigenvalue weighted by Gasteiger charge is 2.20. The fraction of sp³-hybridized carbons (Fsp3) is 0.923. The van der Waals surface area contributed by atoms with E-state index in [9.17, 15) is 4.79 Å². The maximum Gasteiger partial charge on any atom is 0.233 e. The molecular formula is C13H24N2O. The van der Waals surface area contributed by atoms with E-state index in [0.717, 1.165) is 24.9 Å². The Labute approximate surface area is 98.4 Å². The highest BCUT2D eigenvalue weighted by atomic mass is 16.1. The molecule has 0 heterocycles. The minimum atomic E-state index is 0.165. The quantitative estimate of drug-likeness (QED) is 0.691. The molecule has 2 fully saturated rings. The fourth-order valence-electron chi connectivity index (χ4n) is 2.49. The van der Waals surface area contributed by atoms with Crippen molar-refractivity contribution in [2.24, 2.45) is 11.8 Å². The lowest BCUT2D eigenvalue weighted by atomic mass is 10.0. The molecule has 2 aliphatic carbocycles. The third kappa shape index (κ3) is 4.52. The van der Waals surface area contributed by atoms with E-state index in [-0.39, 0.29) is 5.91 Å². The Morgan fingerprint density at radius 1 is 1.06 bits per heavy atom. The van der Waals surface area contributed by atoms with Gasteiger partial charge in [-0.1, -0.05) is 25.7 Å². The van der Waals surface area contributed by atoms with E-state index in [2.05, 4.69) is 10.6 Å². The third-order valence-corrected chi connectivity index (χ3v) is 3.76. The van der Waals surface area contributed by atoms with E-state index in [1.54, 1.807) is 0 Å². The van der Waals surface area contributed by atoms with Gasteiger partial charge in [0.15, 0.2) is 0 Å². The number of carbonyl (C=O) groups excluding carboxylic acids is 1. The Morgan fingerprint density at radius 3 is 2.50 bits per heavy atom. The van der Waals surface area contributed by atoms with Gasteiger partial charge in [0.2, 0.25) is 5.91 Å². The van der Waals surface area contributed by atoms with Crippen molar-refractivity contribution in [1.29, 1.82) is 0 Å². The number of nitrogens with one attached hydrogen (secondary N) is 2. The average molecular weight is 224 g/mol. The van der Waals surface area contributed by atoms with Crippen LogP contribution in [0.15, 0.2) is 0 Å². The molecule has 0 unspecified atom stereocenters. The van der Waals surface area contributed by atoms with Crippen molar-refractivity contribution in [3.8, 4) is 0 Å². The van der Waals surface area contributed by atoms with Crippen LogP contribution in [0.25, 0.3) is 0 Å². The maximum absolute atomic E-state index is 11.4. The predicted octanol–water partition coefficient (Wildman–Crippen LogP) is 1.68. The summed E-state index contributed by atoms with van der Waals surface area (Å²) in [4.78, 5) is 11.4. The second-order valence-electron chi connectivity index (χ2n) is 5.36. The molecule has 0 aliphatic heterocycles. The summed E-state index contributed by atoms with van der Waals surface area (Å²) >= 11 is 0. The smallest absolute Gasteiger partial charge is 0.233 e. The Balaban J connectivity index is 1.43. The first-order chi connectivity index (χ1) is 7.84. The molecule has 0 aromatic carbocycles. The lowest BCUT2D eigenvalue weighted by Gasteiger charge is -2.10. The maximum atomic E-state index is 11.4. The summed E-state index contributed by atoms with van der Waals surface area (Å²) < 4.78 is 0. The van der Waals surface area contributed by atoms with Crippen LogP contribution in [-0.4, -0.2) is 25.5 Å². The number of amides is 1. The molecule has 3 nitrogen and oxygen atoms in total. The summed E-state index contributed by atoms with van der Waals surface area (Å²) in [5.41, 5.74) is 0. The van der Waals surface area contributed by atoms with Crippen molar-refractivity contribution in [3.05, 3.63) is 0 Å². The number of carbonyl (C=O) groups is 1. The summed E-state index contributed by atoms with van der Waals surface area (Å²) in [5.74, 6) is 1.89. The molecular weight excluding hydrogens is 200 g/mol. The van der Waals surface area contributed by atoms with Gasteiger partial charge in [0.25, 0.3) is 0 Å². The normalized spacial score (nSPS) is 21.2. The first-order valence-electron chi connectivity index (χ1n) is 6.82. The monoisotopic (exact) mass is 224 g/mol. The Kier molecular flexibility index (Phi) is 4.64. The summed E-state index contributed by atoms with van der Waals surface area (Å²) in [6.45, 7) is 2.39. The van der Waals surface area contributed by atoms with Gasteiger partial charge in [-0.05, 0) is 37.6 Å². The van der Waals surface area contributed by atoms with Crippen LogP contribution in [0.4, 0.5) is 0 Å². The van der Waals surface area contributed by atoms with Gasteiger partial charge in [-0.15, -0.1) is 0 Å². The Hall–Kier alpha value is -0.570. The van der Waals surface area contributed by atoms with Gasteiger partial charge in [-0.2, -0.15) is 0 Å². The van der Waals surface area contributed by atoms with Gasteiger partial charge >= 0.3 is 0 Å². The molecule has 0 saturated heterocycles. The first kappa shape index (κ1) is 11.9. The summed E-state index contributed by atoms with van der Waals surface area (Å²) in [6, 6.07) is 0. The van der Waals surface area contributed by atoms with E-state index < -0.39 is 0 Å². The van der Waals surface area contributed by atoms with Crippen LogP contribution in [-0.2, 0) is 4.79 Å². The van der Waals surface area contributed by atoms with Crippen LogP contribution < -0.4 is 10.6 Å². The molecule has 2 rings (SSSR count). The van der Waals surface area contributed by atoms with Crippen molar-refractivity contribution in [2.75, 3.05) is 19.6 Å². The lowest BCUT2D eigenvalue weighted by Crippen LogP contribution is -2.35. The highest BCUT2D eigenvalue weighted by molar-refractivity contribution is 5.77. The van der Waals surface area contributed by atoms with E-state index in [4.69, 9.17) is 0 Å². The highest BCUT2D eigenvalue weighted by Crippen LogP contribution is 2.27. The molecule has 0 aromatic rings. The third-order valence-electron chi connectivity index (χ3n) is 3.76. The van der Waals surface area contributed by atoms with Crippen molar-refractivity contribution in [1.82, 2.24) is 10.6 Å². The molecule has 1 amide bonds. The second-order valence-corrected chi connectivity index (χ2v) is 5.36. The van der Waals surface area contributed by atoms with Crippen molar-refractivity contribution < 1.29 is 4.79 Å². The minimum Gasteiger partial charge on any atom is -0.355 e. The van der Waals surface area contributed by atoms with Crippen LogP contribution in [0.3, 0.4) is 0 Å². The predicted molar refractivity (Wildman–Crippen MR) is 65.2 cm³/mol.